The van der Waals surface area contributed by atoms with E-state index in [9.17, 15) is 4.79 Å². The van der Waals surface area contributed by atoms with Crippen LogP contribution in [0.3, 0.4) is 0 Å². The Bertz CT molecular complexity index is 789. The second-order valence-corrected chi connectivity index (χ2v) is 7.83. The summed E-state index contributed by atoms with van der Waals surface area (Å²) >= 11 is 0. The van der Waals surface area contributed by atoms with Crippen LogP contribution >= 0.6 is 24.8 Å². The molecular weight excluding hydrogens is 423 g/mol. The number of methoxy groups -OCH3 is 1. The summed E-state index contributed by atoms with van der Waals surface area (Å²) in [5, 5.41) is 6.44. The summed E-state index contributed by atoms with van der Waals surface area (Å²) < 4.78 is 7.66. The summed E-state index contributed by atoms with van der Waals surface area (Å²) in [6.45, 7) is 7.89. The zero-order chi connectivity index (χ0) is 19.9. The lowest BCUT2D eigenvalue weighted by molar-refractivity contribution is 0.0952. The first-order valence-electron chi connectivity index (χ1n) is 10.3. The van der Waals surface area contributed by atoms with E-state index in [2.05, 4.69) is 34.0 Å². The largest absolute Gasteiger partial charge is 0.496 e. The van der Waals surface area contributed by atoms with Gasteiger partial charge in [-0.25, -0.2) is 4.98 Å². The molecular formula is C22H34Cl2N4O2. The van der Waals surface area contributed by atoms with Gasteiger partial charge in [-0.1, -0.05) is 13.8 Å². The fourth-order valence-electron chi connectivity index (χ4n) is 3.84. The highest BCUT2D eigenvalue weighted by molar-refractivity contribution is 5.94. The molecule has 8 heteroatoms. The van der Waals surface area contributed by atoms with Crippen LogP contribution in [0.15, 0.2) is 30.6 Å². The van der Waals surface area contributed by atoms with Gasteiger partial charge in [-0.15, -0.1) is 24.8 Å². The number of imidazole rings is 1. The van der Waals surface area contributed by atoms with Gasteiger partial charge in [-0.05, 0) is 62.0 Å². The molecule has 168 valence electrons. The molecule has 30 heavy (non-hydrogen) atoms. The number of carbonyl (C=O) groups excluding carboxylic acids is 1. The zero-order valence-corrected chi connectivity index (χ0v) is 19.7. The Morgan fingerprint density at radius 3 is 2.83 bits per heavy atom. The second kappa shape index (κ2) is 12.8. The fraction of sp³-hybridized carbons (Fsp3) is 0.545. The first-order valence-corrected chi connectivity index (χ1v) is 10.3. The predicted molar refractivity (Wildman–Crippen MR) is 125 cm³/mol. The molecule has 0 spiro atoms. The maximum Gasteiger partial charge on any atom is 0.251 e. The Labute approximate surface area is 192 Å². The first kappa shape index (κ1) is 26.3. The third-order valence-corrected chi connectivity index (χ3v) is 5.34. The van der Waals surface area contributed by atoms with Crippen LogP contribution in [-0.4, -0.2) is 42.2 Å². The van der Waals surface area contributed by atoms with Crippen molar-refractivity contribution in [1.82, 2.24) is 20.2 Å². The molecule has 1 saturated heterocycles. The van der Waals surface area contributed by atoms with Crippen LogP contribution in [0.25, 0.3) is 0 Å². The van der Waals surface area contributed by atoms with Crippen molar-refractivity contribution in [2.24, 2.45) is 5.92 Å². The fourth-order valence-corrected chi connectivity index (χ4v) is 3.84. The van der Waals surface area contributed by atoms with Crippen LogP contribution in [-0.2, 0) is 13.0 Å². The molecule has 1 aliphatic heterocycles. The van der Waals surface area contributed by atoms with Gasteiger partial charge in [0.25, 0.3) is 5.91 Å². The Morgan fingerprint density at radius 1 is 1.37 bits per heavy atom. The average Bonchev–Trinajstić information content (AvgIpc) is 3.36. The number of halogens is 2. The molecule has 1 fully saturated rings. The number of aryl methyl sites for hydroxylation is 1. The molecule has 0 saturated carbocycles. The Hall–Kier alpha value is -1.76. The summed E-state index contributed by atoms with van der Waals surface area (Å²) in [6, 6.07) is 5.74. The number of hydrogen-bond donors (Lipinski definition) is 2. The quantitative estimate of drug-likeness (QED) is 0.562. The van der Waals surface area contributed by atoms with Crippen LogP contribution in [0.4, 0.5) is 0 Å². The van der Waals surface area contributed by atoms with Gasteiger partial charge in [-0.2, -0.15) is 0 Å². The molecule has 1 aromatic carbocycles. The van der Waals surface area contributed by atoms with Crippen molar-refractivity contribution >= 4 is 30.7 Å². The van der Waals surface area contributed by atoms with Crippen molar-refractivity contribution in [3.05, 3.63) is 47.5 Å². The number of amides is 1. The smallest absolute Gasteiger partial charge is 0.251 e. The molecule has 0 aliphatic carbocycles. The summed E-state index contributed by atoms with van der Waals surface area (Å²) in [7, 11) is 1.69. The topological polar surface area (TPSA) is 68.2 Å². The third-order valence-electron chi connectivity index (χ3n) is 5.34. The average molecular weight is 457 g/mol. The lowest BCUT2D eigenvalue weighted by Gasteiger charge is -2.14. The van der Waals surface area contributed by atoms with E-state index in [0.29, 0.717) is 23.9 Å². The summed E-state index contributed by atoms with van der Waals surface area (Å²) in [5.41, 5.74) is 1.82. The van der Waals surface area contributed by atoms with Crippen LogP contribution in [0, 0.1) is 5.92 Å². The van der Waals surface area contributed by atoms with Crippen LogP contribution in [0.5, 0.6) is 5.75 Å². The number of benzene rings is 1. The summed E-state index contributed by atoms with van der Waals surface area (Å²) in [4.78, 5) is 17.0. The highest BCUT2D eigenvalue weighted by atomic mass is 35.5. The lowest BCUT2D eigenvalue weighted by atomic mass is 9.96. The van der Waals surface area contributed by atoms with Crippen molar-refractivity contribution < 1.29 is 9.53 Å². The monoisotopic (exact) mass is 456 g/mol. The van der Waals surface area contributed by atoms with Gasteiger partial charge in [0, 0.05) is 37.0 Å². The van der Waals surface area contributed by atoms with Crippen LogP contribution < -0.4 is 15.4 Å². The number of rotatable bonds is 9. The van der Waals surface area contributed by atoms with Crippen molar-refractivity contribution in [2.45, 2.75) is 45.6 Å². The maximum atomic E-state index is 12.6. The van der Waals surface area contributed by atoms with Gasteiger partial charge < -0.3 is 19.9 Å². The van der Waals surface area contributed by atoms with Crippen molar-refractivity contribution in [3.8, 4) is 5.75 Å². The van der Waals surface area contributed by atoms with E-state index in [1.807, 2.05) is 30.6 Å². The number of hydrogen-bond acceptors (Lipinski definition) is 4. The molecule has 6 nitrogen and oxygen atoms in total. The Kier molecular flexibility index (Phi) is 11.2. The lowest BCUT2D eigenvalue weighted by Crippen LogP contribution is -2.25. The summed E-state index contributed by atoms with van der Waals surface area (Å²) in [5.74, 6) is 2.94. The number of aromatic nitrogens is 2. The standard InChI is InChI=1S/C22H32N4O2.2ClH/c1-16(2)21-24-10-12-26(21)11-4-8-25-22(27)18-5-6-20(28-3)19(14-18)13-17-7-9-23-15-17;;/h5-6,10,12,14,16-17,23H,4,7-9,11,13,15H2,1-3H3,(H,25,27);2*1H. The minimum atomic E-state index is -0.0248. The molecule has 1 amide bonds. The number of nitrogens with zero attached hydrogens (tertiary/aromatic N) is 2. The third kappa shape index (κ3) is 6.89. The van der Waals surface area contributed by atoms with E-state index >= 15 is 0 Å². The van der Waals surface area contributed by atoms with E-state index in [0.717, 1.165) is 49.6 Å². The van der Waals surface area contributed by atoms with Gasteiger partial charge in [0.15, 0.2) is 0 Å². The second-order valence-electron chi connectivity index (χ2n) is 7.83. The molecule has 2 aromatic rings. The molecule has 3 rings (SSSR count). The molecule has 2 N–H and O–H groups in total. The Morgan fingerprint density at radius 2 is 2.17 bits per heavy atom. The normalized spacial score (nSPS) is 15.4. The van der Waals surface area contributed by atoms with E-state index in [-0.39, 0.29) is 30.7 Å². The van der Waals surface area contributed by atoms with E-state index in [4.69, 9.17) is 4.74 Å². The molecule has 2 heterocycles. The predicted octanol–water partition coefficient (Wildman–Crippen LogP) is 3.83. The van der Waals surface area contributed by atoms with E-state index in [1.165, 1.54) is 6.42 Å². The first-order chi connectivity index (χ1) is 13.6. The highest BCUT2D eigenvalue weighted by Crippen LogP contribution is 2.25. The van der Waals surface area contributed by atoms with Gasteiger partial charge in [0.2, 0.25) is 0 Å². The van der Waals surface area contributed by atoms with Crippen molar-refractivity contribution in [3.63, 3.8) is 0 Å². The SMILES string of the molecule is COc1ccc(C(=O)NCCCn2ccnc2C(C)C)cc1CC1CCNC1.Cl.Cl. The van der Waals surface area contributed by atoms with Gasteiger partial charge in [0.1, 0.15) is 11.6 Å². The maximum absolute atomic E-state index is 12.6. The minimum Gasteiger partial charge on any atom is -0.496 e. The van der Waals surface area contributed by atoms with Crippen LogP contribution in [0.1, 0.15) is 54.4 Å². The minimum absolute atomic E-state index is 0. The molecule has 1 aliphatic rings. The molecule has 0 radical (unpaired) electrons. The van der Waals surface area contributed by atoms with Gasteiger partial charge in [-0.3, -0.25) is 4.79 Å². The van der Waals surface area contributed by atoms with Gasteiger partial charge >= 0.3 is 0 Å². The molecule has 1 unspecified atom stereocenters. The van der Waals surface area contributed by atoms with Crippen molar-refractivity contribution in [1.29, 1.82) is 0 Å². The van der Waals surface area contributed by atoms with Gasteiger partial charge in [0.05, 0.1) is 7.11 Å². The van der Waals surface area contributed by atoms with E-state index in [1.54, 1.807) is 7.11 Å². The van der Waals surface area contributed by atoms with E-state index < -0.39 is 0 Å². The molecule has 1 aromatic heterocycles. The molecule has 1 atom stereocenters. The Balaban J connectivity index is 0.00000225. The highest BCUT2D eigenvalue weighted by Gasteiger charge is 2.18. The number of carbonyl (C=O) groups is 1. The van der Waals surface area contributed by atoms with Crippen molar-refractivity contribution in [2.75, 3.05) is 26.7 Å². The number of ether oxygens (including phenoxy) is 1. The van der Waals surface area contributed by atoms with Crippen LogP contribution in [0.2, 0.25) is 0 Å². The zero-order valence-electron chi connectivity index (χ0n) is 18.0. The summed E-state index contributed by atoms with van der Waals surface area (Å²) in [6.07, 6.45) is 6.83. The number of nitrogens with one attached hydrogen (secondary N) is 2. The molecule has 0 bridgehead atoms.